The topological polar surface area (TPSA) is 9.23 Å². The lowest BCUT2D eigenvalue weighted by molar-refractivity contribution is 0.292. The van der Waals surface area contributed by atoms with E-state index in [-0.39, 0.29) is 0 Å². The third kappa shape index (κ3) is 3.31. The van der Waals surface area contributed by atoms with Crippen molar-refractivity contribution in [2.45, 2.75) is 10.3 Å². The van der Waals surface area contributed by atoms with E-state index in [1.165, 1.54) is 9.75 Å². The van der Waals surface area contributed by atoms with E-state index in [4.69, 9.17) is 4.74 Å². The minimum atomic E-state index is -0.492. The third-order valence-electron chi connectivity index (χ3n) is 1.64. The van der Waals surface area contributed by atoms with Gasteiger partial charge in [0.15, 0.2) is 0 Å². The molecule has 0 bridgehead atoms. The Morgan fingerprint density at radius 1 is 1.27 bits per heavy atom. The molecule has 2 aromatic heterocycles. The van der Waals surface area contributed by atoms with E-state index in [1.54, 1.807) is 22.7 Å². The Balaban J connectivity index is 2.18. The summed E-state index contributed by atoms with van der Waals surface area (Å²) in [5.41, 5.74) is 0. The standard InChI is InChI=1S/C10H8Br2OS2/c1-10(11,12)13-7-5-9(15-6-7)8-3-2-4-14-8/h2-6H,1H3. The third-order valence-corrected chi connectivity index (χ3v) is 3.93. The van der Waals surface area contributed by atoms with Gasteiger partial charge >= 0.3 is 0 Å². The van der Waals surface area contributed by atoms with E-state index in [0.717, 1.165) is 5.75 Å². The molecule has 0 spiro atoms. The Bertz CT molecular complexity index is 428. The fourth-order valence-corrected chi connectivity index (χ4v) is 3.15. The minimum absolute atomic E-state index is 0.492. The van der Waals surface area contributed by atoms with Crippen molar-refractivity contribution >= 4 is 54.5 Å². The molecule has 0 aliphatic carbocycles. The molecular formula is C10H8Br2OS2. The fourth-order valence-electron chi connectivity index (χ4n) is 1.13. The van der Waals surface area contributed by atoms with Crippen LogP contribution in [-0.2, 0) is 0 Å². The summed E-state index contributed by atoms with van der Waals surface area (Å²) in [5, 5.41) is 4.09. The molecular weight excluding hydrogens is 360 g/mol. The van der Waals surface area contributed by atoms with Crippen LogP contribution in [0.15, 0.2) is 29.0 Å². The molecule has 2 rings (SSSR count). The second kappa shape index (κ2) is 4.57. The van der Waals surface area contributed by atoms with Gasteiger partial charge in [-0.25, -0.2) is 0 Å². The monoisotopic (exact) mass is 366 g/mol. The molecule has 0 aliphatic rings. The van der Waals surface area contributed by atoms with E-state index < -0.39 is 3.42 Å². The highest BCUT2D eigenvalue weighted by atomic mass is 79.9. The lowest BCUT2D eigenvalue weighted by Gasteiger charge is -2.15. The minimum Gasteiger partial charge on any atom is -0.466 e. The molecule has 2 aromatic rings. The van der Waals surface area contributed by atoms with Gasteiger partial charge in [0.05, 0.1) is 0 Å². The first-order chi connectivity index (χ1) is 7.04. The Hall–Kier alpha value is 0.160. The summed E-state index contributed by atoms with van der Waals surface area (Å²) in [6.45, 7) is 1.90. The van der Waals surface area contributed by atoms with Crippen LogP contribution in [0.4, 0.5) is 0 Å². The quantitative estimate of drug-likeness (QED) is 0.667. The molecule has 1 nitrogen and oxygen atoms in total. The van der Waals surface area contributed by atoms with E-state index in [0.29, 0.717) is 0 Å². The SMILES string of the molecule is CC(Br)(Br)Oc1csc(-c2cccs2)c1. The summed E-state index contributed by atoms with van der Waals surface area (Å²) in [4.78, 5) is 2.52. The van der Waals surface area contributed by atoms with Crippen molar-refractivity contribution in [2.24, 2.45) is 0 Å². The van der Waals surface area contributed by atoms with Gasteiger partial charge in [-0.3, -0.25) is 0 Å². The molecule has 0 unspecified atom stereocenters. The summed E-state index contributed by atoms with van der Waals surface area (Å²) in [7, 11) is 0. The van der Waals surface area contributed by atoms with Crippen molar-refractivity contribution in [1.82, 2.24) is 0 Å². The largest absolute Gasteiger partial charge is 0.466 e. The first-order valence-electron chi connectivity index (χ1n) is 4.24. The number of hydrogen-bond donors (Lipinski definition) is 0. The van der Waals surface area contributed by atoms with Crippen molar-refractivity contribution in [2.75, 3.05) is 0 Å². The number of hydrogen-bond acceptors (Lipinski definition) is 3. The predicted molar refractivity (Wildman–Crippen MR) is 74.5 cm³/mol. The fraction of sp³-hybridized carbons (Fsp3) is 0.200. The summed E-state index contributed by atoms with van der Waals surface area (Å²) in [6, 6.07) is 6.22. The number of thiophene rings is 2. The zero-order valence-corrected chi connectivity index (χ0v) is 12.7. The maximum absolute atomic E-state index is 5.63. The van der Waals surface area contributed by atoms with Crippen molar-refractivity contribution in [3.63, 3.8) is 0 Å². The van der Waals surface area contributed by atoms with Crippen molar-refractivity contribution in [3.8, 4) is 15.5 Å². The molecule has 0 N–H and O–H groups in total. The van der Waals surface area contributed by atoms with Gasteiger partial charge in [0.1, 0.15) is 5.75 Å². The van der Waals surface area contributed by atoms with E-state index >= 15 is 0 Å². The van der Waals surface area contributed by atoms with E-state index in [2.05, 4.69) is 55.4 Å². The van der Waals surface area contributed by atoms with Gasteiger partial charge in [-0.05, 0) is 56.3 Å². The maximum Gasteiger partial charge on any atom is 0.215 e. The summed E-state index contributed by atoms with van der Waals surface area (Å²) in [6.07, 6.45) is 0. The van der Waals surface area contributed by atoms with Gasteiger partial charge < -0.3 is 4.74 Å². The average Bonchev–Trinajstić information content (AvgIpc) is 2.68. The highest BCUT2D eigenvalue weighted by Crippen LogP contribution is 2.37. The average molecular weight is 368 g/mol. The highest BCUT2D eigenvalue weighted by Gasteiger charge is 2.17. The van der Waals surface area contributed by atoms with Crippen LogP contribution in [-0.4, -0.2) is 3.42 Å². The van der Waals surface area contributed by atoms with Gasteiger partial charge in [-0.2, -0.15) is 0 Å². The van der Waals surface area contributed by atoms with Crippen LogP contribution in [0, 0.1) is 0 Å². The second-order valence-corrected chi connectivity index (χ2v) is 8.98. The molecule has 0 saturated carbocycles. The molecule has 15 heavy (non-hydrogen) atoms. The molecule has 2 heterocycles. The molecule has 0 atom stereocenters. The van der Waals surface area contributed by atoms with Gasteiger partial charge in [0, 0.05) is 15.1 Å². The molecule has 0 aromatic carbocycles. The molecule has 0 aliphatic heterocycles. The van der Waals surface area contributed by atoms with Crippen LogP contribution in [0.2, 0.25) is 0 Å². The lowest BCUT2D eigenvalue weighted by Crippen LogP contribution is -2.13. The Kier molecular flexibility index (Phi) is 3.55. The van der Waals surface area contributed by atoms with Crippen molar-refractivity contribution in [3.05, 3.63) is 29.0 Å². The lowest BCUT2D eigenvalue weighted by atomic mass is 10.4. The molecule has 0 radical (unpaired) electrons. The Morgan fingerprint density at radius 3 is 2.67 bits per heavy atom. The number of ether oxygens (including phenoxy) is 1. The van der Waals surface area contributed by atoms with Crippen LogP contribution >= 0.6 is 54.5 Å². The summed E-state index contributed by atoms with van der Waals surface area (Å²) < 4.78 is 5.14. The maximum atomic E-state index is 5.63. The molecule has 0 fully saturated rings. The van der Waals surface area contributed by atoms with Crippen LogP contribution in [0.5, 0.6) is 5.75 Å². The molecule has 0 saturated heterocycles. The second-order valence-electron chi connectivity index (χ2n) is 3.03. The van der Waals surface area contributed by atoms with Gasteiger partial charge in [-0.1, -0.05) is 6.07 Å². The normalized spacial score (nSPS) is 11.7. The summed E-state index contributed by atoms with van der Waals surface area (Å²) in [5.74, 6) is 0.875. The van der Waals surface area contributed by atoms with Crippen molar-refractivity contribution < 1.29 is 4.74 Å². The van der Waals surface area contributed by atoms with Gasteiger partial charge in [-0.15, -0.1) is 22.7 Å². The zero-order valence-electron chi connectivity index (χ0n) is 7.87. The van der Waals surface area contributed by atoms with Crippen LogP contribution in [0.25, 0.3) is 9.75 Å². The van der Waals surface area contributed by atoms with Crippen LogP contribution in [0.1, 0.15) is 6.92 Å². The Morgan fingerprint density at radius 2 is 2.07 bits per heavy atom. The van der Waals surface area contributed by atoms with Crippen LogP contribution in [0.3, 0.4) is 0 Å². The zero-order chi connectivity index (χ0) is 10.9. The number of rotatable bonds is 3. The van der Waals surface area contributed by atoms with E-state index in [9.17, 15) is 0 Å². The molecule has 5 heteroatoms. The van der Waals surface area contributed by atoms with Gasteiger partial charge in [0.2, 0.25) is 3.42 Å². The van der Waals surface area contributed by atoms with Crippen LogP contribution < -0.4 is 4.74 Å². The molecule has 80 valence electrons. The van der Waals surface area contributed by atoms with Gasteiger partial charge in [0.25, 0.3) is 0 Å². The number of alkyl halides is 2. The van der Waals surface area contributed by atoms with Crippen molar-refractivity contribution in [1.29, 1.82) is 0 Å². The molecule has 0 amide bonds. The predicted octanol–water partition coefficient (Wildman–Crippen LogP) is 5.32. The first-order valence-corrected chi connectivity index (χ1v) is 7.58. The van der Waals surface area contributed by atoms with E-state index in [1.807, 2.05) is 12.3 Å². The first kappa shape index (κ1) is 11.6. The number of halogens is 2. The Labute approximate surface area is 113 Å². The summed E-state index contributed by atoms with van der Waals surface area (Å²) >= 11 is 10.2. The highest BCUT2D eigenvalue weighted by molar-refractivity contribution is 9.25. The smallest absolute Gasteiger partial charge is 0.215 e.